The molecule has 0 bridgehead atoms. The number of phosphoric acid groups is 1. The third-order valence-corrected chi connectivity index (χ3v) is 10.7. The molecule has 0 aliphatic carbocycles. The number of allylic oxidation sites excluding steroid dienone is 13. The van der Waals surface area contributed by atoms with Crippen molar-refractivity contribution in [2.45, 2.75) is 180 Å². The number of nitrogens with zero attached hydrogens (tertiary/aromatic N) is 1. The zero-order valence-corrected chi connectivity index (χ0v) is 40.6. The summed E-state index contributed by atoms with van der Waals surface area (Å²) >= 11 is 0. The van der Waals surface area contributed by atoms with Crippen molar-refractivity contribution < 1.29 is 47.2 Å². The molecule has 0 saturated heterocycles. The van der Waals surface area contributed by atoms with E-state index in [1.165, 1.54) is 32.1 Å². The molecule has 11 heteroatoms. The Morgan fingerprint density at radius 2 is 1.08 bits per heavy atom. The monoisotopic (exact) mass is 891 g/mol. The Morgan fingerprint density at radius 3 is 1.68 bits per heavy atom. The molecule has 0 saturated carbocycles. The SMILES string of the molecule is CCCCCC/C=C\C/C=C\C/C=C\CCCCCCCCC(=O)O[C@H](COC(=O)CCC/C=C\C/C=C\C/C=C\C=C\[C@H](O)CCCCC)COP(=O)(O)OCC[N+](C)(C)C. The van der Waals surface area contributed by atoms with Crippen molar-refractivity contribution in [1.82, 2.24) is 0 Å². The molecule has 0 amide bonds. The van der Waals surface area contributed by atoms with Gasteiger partial charge >= 0.3 is 19.8 Å². The van der Waals surface area contributed by atoms with Gasteiger partial charge in [0.05, 0.1) is 33.9 Å². The summed E-state index contributed by atoms with van der Waals surface area (Å²) in [4.78, 5) is 35.4. The number of carbonyl (C=O) groups is 2. The first-order valence-corrected chi connectivity index (χ1v) is 25.4. The lowest BCUT2D eigenvalue weighted by Crippen LogP contribution is -2.37. The summed E-state index contributed by atoms with van der Waals surface area (Å²) in [7, 11) is 1.40. The van der Waals surface area contributed by atoms with Gasteiger partial charge in [-0.25, -0.2) is 4.57 Å². The topological polar surface area (TPSA) is 129 Å². The zero-order valence-electron chi connectivity index (χ0n) is 39.7. The third kappa shape index (κ3) is 45.2. The van der Waals surface area contributed by atoms with E-state index in [-0.39, 0.29) is 32.2 Å². The van der Waals surface area contributed by atoms with E-state index in [1.807, 2.05) is 51.5 Å². The number of carbonyl (C=O) groups excluding carboxylic acids is 2. The maximum Gasteiger partial charge on any atom is 0.472 e. The average Bonchev–Trinajstić information content (AvgIpc) is 3.22. The van der Waals surface area contributed by atoms with Gasteiger partial charge in [-0.15, -0.1) is 0 Å². The lowest BCUT2D eigenvalue weighted by molar-refractivity contribution is -0.870. The fourth-order valence-electron chi connectivity index (χ4n) is 5.95. The molecule has 0 rings (SSSR count). The number of likely N-dealkylation sites (N-methyl/N-ethyl adjacent to an activating group) is 1. The largest absolute Gasteiger partial charge is 0.472 e. The molecule has 0 aliphatic rings. The third-order valence-electron chi connectivity index (χ3n) is 9.75. The second-order valence-corrected chi connectivity index (χ2v) is 18.4. The van der Waals surface area contributed by atoms with Crippen LogP contribution in [0, 0.1) is 0 Å². The fourth-order valence-corrected chi connectivity index (χ4v) is 6.69. The Balaban J connectivity index is 4.48. The predicted molar refractivity (Wildman–Crippen MR) is 258 cm³/mol. The number of ether oxygens (including phenoxy) is 2. The molecule has 3 atom stereocenters. The van der Waals surface area contributed by atoms with Gasteiger partial charge in [0.1, 0.15) is 19.8 Å². The maximum absolute atomic E-state index is 12.7. The molecule has 62 heavy (non-hydrogen) atoms. The maximum atomic E-state index is 12.7. The summed E-state index contributed by atoms with van der Waals surface area (Å²) in [5.74, 6) is -0.912. The van der Waals surface area contributed by atoms with E-state index >= 15 is 0 Å². The average molecular weight is 891 g/mol. The minimum Gasteiger partial charge on any atom is -0.462 e. The molecule has 0 aromatic carbocycles. The van der Waals surface area contributed by atoms with E-state index in [0.717, 1.165) is 89.9 Å². The Morgan fingerprint density at radius 1 is 0.581 bits per heavy atom. The molecular weight excluding hydrogens is 802 g/mol. The highest BCUT2D eigenvalue weighted by Crippen LogP contribution is 2.43. The van der Waals surface area contributed by atoms with Gasteiger partial charge in [0.25, 0.3) is 0 Å². The summed E-state index contributed by atoms with van der Waals surface area (Å²) in [6.45, 7) is 4.17. The van der Waals surface area contributed by atoms with E-state index in [9.17, 15) is 24.2 Å². The number of unbranched alkanes of at least 4 members (excludes halogenated alkanes) is 13. The smallest absolute Gasteiger partial charge is 0.462 e. The molecule has 356 valence electrons. The van der Waals surface area contributed by atoms with Crippen molar-refractivity contribution in [2.75, 3.05) is 47.5 Å². The normalized spacial score (nSPS) is 14.8. The second-order valence-electron chi connectivity index (χ2n) is 17.0. The van der Waals surface area contributed by atoms with Crippen LogP contribution >= 0.6 is 7.82 Å². The molecule has 0 aromatic heterocycles. The van der Waals surface area contributed by atoms with Gasteiger partial charge in [-0.1, -0.05) is 163 Å². The molecule has 0 heterocycles. The number of quaternary nitrogens is 1. The highest BCUT2D eigenvalue weighted by Gasteiger charge is 2.27. The van der Waals surface area contributed by atoms with Crippen molar-refractivity contribution >= 4 is 19.8 Å². The van der Waals surface area contributed by atoms with Crippen LogP contribution in [0.3, 0.4) is 0 Å². The van der Waals surface area contributed by atoms with Crippen LogP contribution in [0.25, 0.3) is 0 Å². The molecule has 1 unspecified atom stereocenters. The summed E-state index contributed by atoms with van der Waals surface area (Å²) in [6, 6.07) is 0. The van der Waals surface area contributed by atoms with E-state index in [1.54, 1.807) is 0 Å². The standard InChI is InChI=1S/C51H88NO9P/c1-6-8-10-11-12-13-14-15-16-17-18-19-20-21-22-25-29-32-35-39-43-51(55)61-49(47-60-62(56,57)59-45-44-52(3,4)5)46-58-50(54)42-38-34-31-28-26-23-24-27-30-33-37-41-48(53)40-36-9-7-2/h13-14,16-17,19-20,23-24,28,30-31,33,37,41,48-49,53H,6-12,15,18,21-22,25-27,29,32,34-36,38-40,42-47H2,1-5H3/p+1/b14-13-,17-16-,20-19-,24-23-,31-28-,33-30-,41-37+/t48-,49-/m1/s1. The van der Waals surface area contributed by atoms with Crippen molar-refractivity contribution in [3.8, 4) is 0 Å². The summed E-state index contributed by atoms with van der Waals surface area (Å²) in [5.41, 5.74) is 0. The van der Waals surface area contributed by atoms with Gasteiger partial charge in [-0.05, 0) is 77.0 Å². The lowest BCUT2D eigenvalue weighted by atomic mass is 10.1. The molecule has 2 N–H and O–H groups in total. The van der Waals surface area contributed by atoms with Crippen LogP contribution in [-0.4, -0.2) is 86.1 Å². The van der Waals surface area contributed by atoms with Crippen LogP contribution in [0.2, 0.25) is 0 Å². The number of esters is 2. The van der Waals surface area contributed by atoms with Crippen molar-refractivity contribution in [2.24, 2.45) is 0 Å². The number of phosphoric ester groups is 1. The van der Waals surface area contributed by atoms with Gasteiger partial charge in [-0.2, -0.15) is 0 Å². The van der Waals surface area contributed by atoms with Crippen LogP contribution in [0.5, 0.6) is 0 Å². The van der Waals surface area contributed by atoms with Crippen LogP contribution in [0.15, 0.2) is 85.1 Å². The van der Waals surface area contributed by atoms with Gasteiger partial charge in [0, 0.05) is 12.8 Å². The number of hydrogen-bond donors (Lipinski definition) is 2. The molecule has 0 aromatic rings. The molecule has 0 fully saturated rings. The zero-order chi connectivity index (χ0) is 45.8. The highest BCUT2D eigenvalue weighted by molar-refractivity contribution is 7.47. The number of aliphatic hydroxyl groups excluding tert-OH is 1. The first kappa shape index (κ1) is 59.1. The van der Waals surface area contributed by atoms with Gasteiger partial charge in [0.2, 0.25) is 0 Å². The minimum absolute atomic E-state index is 0.00825. The molecular formula is C51H89NO9P+. The van der Waals surface area contributed by atoms with E-state index in [4.69, 9.17) is 18.5 Å². The summed E-state index contributed by atoms with van der Waals surface area (Å²) < 4.78 is 34.3. The van der Waals surface area contributed by atoms with Gasteiger partial charge in [-0.3, -0.25) is 18.6 Å². The molecule has 0 radical (unpaired) electrons. The molecule has 10 nitrogen and oxygen atoms in total. The highest BCUT2D eigenvalue weighted by atomic mass is 31.2. The Hall–Kier alpha value is -2.85. The molecule has 0 spiro atoms. The van der Waals surface area contributed by atoms with Crippen molar-refractivity contribution in [3.05, 3.63) is 85.1 Å². The Labute approximate surface area is 378 Å². The Bertz CT molecular complexity index is 1340. The number of rotatable bonds is 42. The van der Waals surface area contributed by atoms with E-state index in [2.05, 4.69) is 68.5 Å². The fraction of sp³-hybridized carbons (Fsp3) is 0.686. The van der Waals surface area contributed by atoms with Crippen LogP contribution in [-0.2, 0) is 32.7 Å². The Kier molecular flexibility index (Phi) is 40.2. The number of aliphatic hydroxyl groups is 1. The number of hydrogen-bond acceptors (Lipinski definition) is 8. The van der Waals surface area contributed by atoms with Gasteiger partial charge in [0.15, 0.2) is 6.10 Å². The summed E-state index contributed by atoms with van der Waals surface area (Å²) in [5, 5.41) is 9.91. The van der Waals surface area contributed by atoms with Crippen molar-refractivity contribution in [3.63, 3.8) is 0 Å². The second kappa shape index (κ2) is 42.1. The van der Waals surface area contributed by atoms with Crippen LogP contribution in [0.4, 0.5) is 0 Å². The molecule has 0 aliphatic heterocycles. The minimum atomic E-state index is -4.41. The first-order valence-electron chi connectivity index (χ1n) is 23.9. The van der Waals surface area contributed by atoms with E-state index in [0.29, 0.717) is 30.3 Å². The van der Waals surface area contributed by atoms with Crippen LogP contribution < -0.4 is 0 Å². The predicted octanol–water partition coefficient (Wildman–Crippen LogP) is 12.9. The quantitative estimate of drug-likeness (QED) is 0.0154. The lowest BCUT2D eigenvalue weighted by Gasteiger charge is -2.24. The van der Waals surface area contributed by atoms with Crippen molar-refractivity contribution in [1.29, 1.82) is 0 Å². The van der Waals surface area contributed by atoms with Crippen LogP contribution in [0.1, 0.15) is 168 Å². The van der Waals surface area contributed by atoms with Gasteiger partial charge < -0.3 is 24.0 Å². The summed E-state index contributed by atoms with van der Waals surface area (Å²) in [6.07, 6.45) is 51.0. The first-order chi connectivity index (χ1) is 29.9. The van der Waals surface area contributed by atoms with E-state index < -0.39 is 32.5 Å².